The molecule has 0 aliphatic carbocycles. The van der Waals surface area contributed by atoms with Gasteiger partial charge >= 0.3 is 18.0 Å². The summed E-state index contributed by atoms with van der Waals surface area (Å²) in [7, 11) is 0. The molecule has 1 amide bonds. The molecule has 0 rings (SSSR count). The summed E-state index contributed by atoms with van der Waals surface area (Å²) in [5.41, 5.74) is 0. The molecule has 12 heteroatoms. The van der Waals surface area contributed by atoms with Crippen molar-refractivity contribution in [3.8, 4) is 0 Å². The van der Waals surface area contributed by atoms with Crippen LogP contribution in [0.4, 0.5) is 4.79 Å². The van der Waals surface area contributed by atoms with Crippen molar-refractivity contribution in [2.45, 2.75) is 58.5 Å². The van der Waals surface area contributed by atoms with Crippen molar-refractivity contribution in [1.29, 1.82) is 0 Å². The van der Waals surface area contributed by atoms with Crippen molar-refractivity contribution in [1.82, 2.24) is 5.32 Å². The molecule has 0 fully saturated rings. The van der Waals surface area contributed by atoms with Gasteiger partial charge in [-0.1, -0.05) is 12.8 Å². The zero-order valence-corrected chi connectivity index (χ0v) is 22.5. The van der Waals surface area contributed by atoms with Gasteiger partial charge in [0.15, 0.2) is 0 Å². The van der Waals surface area contributed by atoms with Crippen LogP contribution in [0.15, 0.2) is 0 Å². The minimum atomic E-state index is -0.614. The molecule has 0 saturated carbocycles. The van der Waals surface area contributed by atoms with Crippen LogP contribution < -0.4 is 5.32 Å². The van der Waals surface area contributed by atoms with Gasteiger partial charge in [0.05, 0.1) is 46.2 Å². The van der Waals surface area contributed by atoms with Crippen LogP contribution in [-0.2, 0) is 42.7 Å². The van der Waals surface area contributed by atoms with Crippen LogP contribution in [0.25, 0.3) is 0 Å². The van der Waals surface area contributed by atoms with Crippen LogP contribution in [0.1, 0.15) is 52.4 Å². The summed E-state index contributed by atoms with van der Waals surface area (Å²) in [6.07, 6.45) is 4.21. The number of alkyl carbamates (subject to hydrolysis) is 1. The van der Waals surface area contributed by atoms with Crippen molar-refractivity contribution >= 4 is 29.6 Å². The zero-order chi connectivity index (χ0) is 26.7. The Kier molecular flexibility index (Phi) is 25.2. The summed E-state index contributed by atoms with van der Waals surface area (Å²) in [4.78, 5) is 33.9. The predicted molar refractivity (Wildman–Crippen MR) is 133 cm³/mol. The van der Waals surface area contributed by atoms with Gasteiger partial charge in [-0.15, -0.1) is 11.6 Å². The Morgan fingerprint density at radius 2 is 1.22 bits per heavy atom. The highest BCUT2D eigenvalue weighted by molar-refractivity contribution is 6.17. The zero-order valence-electron chi connectivity index (χ0n) is 21.8. The molecule has 1 unspecified atom stereocenters. The highest BCUT2D eigenvalue weighted by Crippen LogP contribution is 2.01. The van der Waals surface area contributed by atoms with Gasteiger partial charge in [0, 0.05) is 32.4 Å². The van der Waals surface area contributed by atoms with Crippen LogP contribution in [0, 0.1) is 0 Å². The largest absolute Gasteiger partial charge is 0.463 e. The van der Waals surface area contributed by atoms with E-state index in [4.69, 9.17) is 44.8 Å². The molecule has 0 radical (unpaired) electrons. The number of carbonyl (C=O) groups excluding carboxylic acids is 3. The maximum atomic E-state index is 11.7. The smallest absolute Gasteiger partial charge is 0.407 e. The van der Waals surface area contributed by atoms with E-state index in [0.29, 0.717) is 45.9 Å². The maximum absolute atomic E-state index is 11.7. The van der Waals surface area contributed by atoms with Crippen LogP contribution >= 0.6 is 11.6 Å². The Morgan fingerprint density at radius 3 is 1.83 bits per heavy atom. The maximum Gasteiger partial charge on any atom is 0.407 e. The van der Waals surface area contributed by atoms with E-state index in [2.05, 4.69) is 5.32 Å². The first-order chi connectivity index (χ1) is 17.5. The summed E-state index contributed by atoms with van der Waals surface area (Å²) in [5, 5.41) is 2.48. The number of ether oxygens (including phenoxy) is 7. The second kappa shape index (κ2) is 26.4. The van der Waals surface area contributed by atoms with Gasteiger partial charge in [0.1, 0.15) is 19.3 Å². The number of unbranched alkanes of at least 4 members (excludes halogenated alkanes) is 3. The van der Waals surface area contributed by atoms with E-state index in [1.54, 1.807) is 6.92 Å². The second-order valence-electron chi connectivity index (χ2n) is 7.81. The fourth-order valence-electron chi connectivity index (χ4n) is 2.70. The molecule has 0 aromatic heterocycles. The molecule has 0 aromatic rings. The monoisotopic (exact) mass is 541 g/mol. The molecule has 212 valence electrons. The number of rotatable bonds is 25. The summed E-state index contributed by atoms with van der Waals surface area (Å²) in [5.74, 6) is 0.0195. The number of hydrogen-bond donors (Lipinski definition) is 1. The fourth-order valence-corrected chi connectivity index (χ4v) is 2.89. The standard InChI is InChI=1S/C24H44ClNO10/c1-21(36-22(2)27)20-26-24(29)35-19-17-33-15-14-32-16-18-34-23(28)8-7-11-31-13-12-30-10-6-4-3-5-9-25/h21H,3-20H2,1-2H3,(H,26,29). The van der Waals surface area contributed by atoms with Crippen molar-refractivity contribution in [2.75, 3.05) is 78.5 Å². The van der Waals surface area contributed by atoms with Crippen molar-refractivity contribution in [3.63, 3.8) is 0 Å². The highest BCUT2D eigenvalue weighted by Gasteiger charge is 2.08. The number of amides is 1. The van der Waals surface area contributed by atoms with E-state index >= 15 is 0 Å². The molecular weight excluding hydrogens is 498 g/mol. The topological polar surface area (TPSA) is 128 Å². The van der Waals surface area contributed by atoms with E-state index < -0.39 is 18.2 Å². The summed E-state index contributed by atoms with van der Waals surface area (Å²) >= 11 is 5.63. The minimum absolute atomic E-state index is 0.0809. The quantitative estimate of drug-likeness (QED) is 0.0797. The van der Waals surface area contributed by atoms with E-state index in [1.807, 2.05) is 0 Å². The second-order valence-corrected chi connectivity index (χ2v) is 8.19. The van der Waals surface area contributed by atoms with Gasteiger partial charge in [-0.05, 0) is 26.2 Å². The molecule has 0 bridgehead atoms. The number of hydrogen-bond acceptors (Lipinski definition) is 10. The van der Waals surface area contributed by atoms with Crippen LogP contribution in [0.2, 0.25) is 0 Å². The minimum Gasteiger partial charge on any atom is -0.463 e. The van der Waals surface area contributed by atoms with E-state index in [-0.39, 0.29) is 38.9 Å². The van der Waals surface area contributed by atoms with Crippen LogP contribution in [0.3, 0.4) is 0 Å². The first-order valence-corrected chi connectivity index (χ1v) is 13.1. The molecule has 0 aromatic carbocycles. The SMILES string of the molecule is CC(=O)OC(C)CNC(=O)OCCOCCOCCOC(=O)CCCOCCOCCCCCCCl. The molecule has 11 nitrogen and oxygen atoms in total. The molecule has 0 heterocycles. The summed E-state index contributed by atoms with van der Waals surface area (Å²) in [6.45, 7) is 6.81. The lowest BCUT2D eigenvalue weighted by atomic mass is 10.2. The molecule has 0 spiro atoms. The Hall–Kier alpha value is -1.66. The number of nitrogens with one attached hydrogen (secondary N) is 1. The Bertz CT molecular complexity index is 553. The van der Waals surface area contributed by atoms with Gasteiger partial charge in [-0.3, -0.25) is 9.59 Å². The number of halogens is 1. The number of esters is 2. The molecule has 0 aliphatic rings. The van der Waals surface area contributed by atoms with Crippen molar-refractivity contribution in [2.24, 2.45) is 0 Å². The molecule has 0 saturated heterocycles. The van der Waals surface area contributed by atoms with Gasteiger partial charge in [0.25, 0.3) is 0 Å². The van der Waals surface area contributed by atoms with Gasteiger partial charge in [-0.25, -0.2) is 4.79 Å². The highest BCUT2D eigenvalue weighted by atomic mass is 35.5. The molecular formula is C24H44ClNO10. The Labute approximate surface area is 219 Å². The first-order valence-electron chi connectivity index (χ1n) is 12.6. The third-order valence-corrected chi connectivity index (χ3v) is 4.71. The van der Waals surface area contributed by atoms with Crippen LogP contribution in [-0.4, -0.2) is 103 Å². The number of alkyl halides is 1. The molecule has 36 heavy (non-hydrogen) atoms. The van der Waals surface area contributed by atoms with Gasteiger partial charge in [-0.2, -0.15) is 0 Å². The summed E-state index contributed by atoms with van der Waals surface area (Å²) < 4.78 is 36.4. The van der Waals surface area contributed by atoms with Crippen LogP contribution in [0.5, 0.6) is 0 Å². The average molecular weight is 542 g/mol. The van der Waals surface area contributed by atoms with Gasteiger partial charge in [0.2, 0.25) is 0 Å². The fraction of sp³-hybridized carbons (Fsp3) is 0.875. The van der Waals surface area contributed by atoms with Crippen molar-refractivity contribution in [3.05, 3.63) is 0 Å². The van der Waals surface area contributed by atoms with Gasteiger partial charge < -0.3 is 38.5 Å². The summed E-state index contributed by atoms with van der Waals surface area (Å²) in [6, 6.07) is 0. The lowest BCUT2D eigenvalue weighted by Crippen LogP contribution is -2.33. The average Bonchev–Trinajstić information content (AvgIpc) is 2.84. The number of carbonyl (C=O) groups is 3. The van der Waals surface area contributed by atoms with E-state index in [0.717, 1.165) is 38.2 Å². The van der Waals surface area contributed by atoms with E-state index in [9.17, 15) is 14.4 Å². The normalized spacial score (nSPS) is 11.6. The molecule has 0 aliphatic heterocycles. The third kappa shape index (κ3) is 26.9. The first kappa shape index (κ1) is 34.3. The third-order valence-electron chi connectivity index (χ3n) is 4.44. The molecule has 1 atom stereocenters. The molecule has 1 N–H and O–H groups in total. The van der Waals surface area contributed by atoms with E-state index in [1.165, 1.54) is 6.92 Å². The Balaban J connectivity index is 3.30. The lowest BCUT2D eigenvalue weighted by Gasteiger charge is -2.13. The van der Waals surface area contributed by atoms with Crippen molar-refractivity contribution < 1.29 is 47.5 Å². The Morgan fingerprint density at radius 1 is 0.694 bits per heavy atom. The lowest BCUT2D eigenvalue weighted by molar-refractivity contribution is -0.146. The predicted octanol–water partition coefficient (Wildman–Crippen LogP) is 2.85.